The quantitative estimate of drug-likeness (QED) is 0.512. The zero-order chi connectivity index (χ0) is 21.2. The van der Waals surface area contributed by atoms with Crippen molar-refractivity contribution in [2.24, 2.45) is 0 Å². The number of aromatic nitrogens is 4. The van der Waals surface area contributed by atoms with E-state index in [1.807, 2.05) is 36.4 Å². The third-order valence-corrected chi connectivity index (χ3v) is 5.86. The Hall–Kier alpha value is -3.58. The van der Waals surface area contributed by atoms with Gasteiger partial charge in [-0.15, -0.1) is 0 Å². The number of nitrogens with one attached hydrogen (secondary N) is 2. The molecule has 31 heavy (non-hydrogen) atoms. The molecule has 0 unspecified atom stereocenters. The summed E-state index contributed by atoms with van der Waals surface area (Å²) in [7, 11) is 0. The largest absolute Gasteiger partial charge is 0.341 e. The first-order chi connectivity index (χ1) is 15.2. The molecule has 1 saturated heterocycles. The van der Waals surface area contributed by atoms with Gasteiger partial charge in [-0.1, -0.05) is 12.1 Å². The van der Waals surface area contributed by atoms with Crippen molar-refractivity contribution < 1.29 is 4.79 Å². The highest BCUT2D eigenvalue weighted by atomic mass is 16.1. The fourth-order valence-corrected chi connectivity index (χ4v) is 4.09. The molecule has 1 aliphatic heterocycles. The van der Waals surface area contributed by atoms with Crippen LogP contribution >= 0.6 is 0 Å². The molecular weight excluding hydrogens is 388 g/mol. The molecule has 7 nitrogen and oxygen atoms in total. The molecule has 2 N–H and O–H groups in total. The Kier molecular flexibility index (Phi) is 5.18. The number of nitrogens with zero attached hydrogens (tertiary/aromatic N) is 4. The zero-order valence-electron chi connectivity index (χ0n) is 17.4. The lowest BCUT2D eigenvalue weighted by Crippen LogP contribution is -2.26. The lowest BCUT2D eigenvalue weighted by molar-refractivity contribution is 0.102. The average Bonchev–Trinajstić information content (AvgIpc) is 3.39. The number of likely N-dealkylation sites (tertiary alicyclic amines) is 1. The number of carbonyl (C=O) groups excluding carboxylic acids is 1. The van der Waals surface area contributed by atoms with Gasteiger partial charge in [0.2, 0.25) is 0 Å². The topological polar surface area (TPSA) is 86.8 Å². The molecule has 1 aliphatic rings. The Morgan fingerprint density at radius 2 is 2.06 bits per heavy atom. The SMILES string of the molecule is C[C@H]1CCCN1Cc1nc2ccc(NC(=O)c3ccc(-c4ccncn4)cc3)cc2[nH]1. The van der Waals surface area contributed by atoms with Gasteiger partial charge >= 0.3 is 0 Å². The minimum absolute atomic E-state index is 0.154. The van der Waals surface area contributed by atoms with E-state index in [-0.39, 0.29) is 5.91 Å². The number of H-pyrrole nitrogens is 1. The van der Waals surface area contributed by atoms with Gasteiger partial charge in [-0.2, -0.15) is 0 Å². The fourth-order valence-electron chi connectivity index (χ4n) is 4.09. The summed E-state index contributed by atoms with van der Waals surface area (Å²) in [5, 5.41) is 2.98. The maximum Gasteiger partial charge on any atom is 0.255 e. The first-order valence-electron chi connectivity index (χ1n) is 10.6. The van der Waals surface area contributed by atoms with Crippen molar-refractivity contribution in [3.8, 4) is 11.3 Å². The maximum absolute atomic E-state index is 12.7. The van der Waals surface area contributed by atoms with Gasteiger partial charge in [0.25, 0.3) is 5.91 Å². The number of carbonyl (C=O) groups is 1. The van der Waals surface area contributed by atoms with Crippen molar-refractivity contribution in [2.45, 2.75) is 32.4 Å². The van der Waals surface area contributed by atoms with E-state index in [0.717, 1.165) is 46.9 Å². The van der Waals surface area contributed by atoms with Gasteiger partial charge in [0, 0.05) is 29.1 Å². The van der Waals surface area contributed by atoms with Crippen LogP contribution < -0.4 is 5.32 Å². The molecule has 2 aromatic heterocycles. The van der Waals surface area contributed by atoms with Crippen molar-refractivity contribution in [3.63, 3.8) is 0 Å². The maximum atomic E-state index is 12.7. The molecular formula is C24H24N6O. The summed E-state index contributed by atoms with van der Waals surface area (Å²) in [4.78, 5) is 31.4. The molecule has 5 rings (SSSR count). The van der Waals surface area contributed by atoms with Crippen LogP contribution in [0.4, 0.5) is 5.69 Å². The van der Waals surface area contributed by atoms with Gasteiger partial charge in [-0.3, -0.25) is 9.69 Å². The van der Waals surface area contributed by atoms with Gasteiger partial charge in [0.1, 0.15) is 12.2 Å². The number of aromatic amines is 1. The number of hydrogen-bond donors (Lipinski definition) is 2. The van der Waals surface area contributed by atoms with E-state index >= 15 is 0 Å². The van der Waals surface area contributed by atoms with E-state index in [4.69, 9.17) is 4.98 Å². The van der Waals surface area contributed by atoms with Crippen LogP contribution in [0.2, 0.25) is 0 Å². The molecule has 1 amide bonds. The standard InChI is InChI=1S/C24H24N6O/c1-16-3-2-12-30(16)14-23-28-21-9-8-19(13-22(21)29-23)27-24(31)18-6-4-17(5-7-18)20-10-11-25-15-26-20/h4-11,13,15-16H,2-3,12,14H2,1H3,(H,27,31)(H,28,29)/t16-/m0/s1. The fraction of sp³-hybridized carbons (Fsp3) is 0.250. The van der Waals surface area contributed by atoms with Gasteiger partial charge in [0.05, 0.1) is 23.3 Å². The second kappa shape index (κ2) is 8.28. The van der Waals surface area contributed by atoms with Crippen molar-refractivity contribution in [1.82, 2.24) is 24.8 Å². The lowest BCUT2D eigenvalue weighted by atomic mass is 10.1. The van der Waals surface area contributed by atoms with E-state index in [2.05, 4.69) is 32.1 Å². The smallest absolute Gasteiger partial charge is 0.255 e. The van der Waals surface area contributed by atoms with Crippen LogP contribution in [0.15, 0.2) is 61.1 Å². The number of hydrogen-bond acceptors (Lipinski definition) is 5. The van der Waals surface area contributed by atoms with Crippen molar-refractivity contribution in [2.75, 3.05) is 11.9 Å². The molecule has 156 valence electrons. The molecule has 0 spiro atoms. The van der Waals surface area contributed by atoms with Gasteiger partial charge in [-0.05, 0) is 62.7 Å². The highest BCUT2D eigenvalue weighted by Crippen LogP contribution is 2.22. The molecule has 1 fully saturated rings. The van der Waals surface area contributed by atoms with Gasteiger partial charge in [-0.25, -0.2) is 15.0 Å². The number of fused-ring (bicyclic) bond motifs is 1. The average molecular weight is 412 g/mol. The summed E-state index contributed by atoms with van der Waals surface area (Å²) in [6.45, 7) is 4.22. The van der Waals surface area contributed by atoms with E-state index in [0.29, 0.717) is 11.6 Å². The van der Waals surface area contributed by atoms with Crippen molar-refractivity contribution in [3.05, 3.63) is 72.4 Å². The number of benzene rings is 2. The Morgan fingerprint density at radius 3 is 2.81 bits per heavy atom. The van der Waals surface area contributed by atoms with Crippen LogP contribution in [0.25, 0.3) is 22.3 Å². The minimum atomic E-state index is -0.154. The molecule has 3 heterocycles. The summed E-state index contributed by atoms with van der Waals surface area (Å²) in [6, 6.07) is 15.6. The third-order valence-electron chi connectivity index (χ3n) is 5.86. The molecule has 2 aromatic carbocycles. The number of anilines is 1. The number of rotatable bonds is 5. The number of amides is 1. The molecule has 1 atom stereocenters. The van der Waals surface area contributed by atoms with E-state index in [9.17, 15) is 4.79 Å². The summed E-state index contributed by atoms with van der Waals surface area (Å²) < 4.78 is 0. The van der Waals surface area contributed by atoms with E-state index < -0.39 is 0 Å². The second-order valence-corrected chi connectivity index (χ2v) is 8.00. The van der Waals surface area contributed by atoms with Crippen LogP contribution in [-0.4, -0.2) is 43.3 Å². The van der Waals surface area contributed by atoms with Crippen LogP contribution in [0, 0.1) is 0 Å². The van der Waals surface area contributed by atoms with E-state index in [1.165, 1.54) is 19.2 Å². The number of imidazole rings is 1. The van der Waals surface area contributed by atoms with Gasteiger partial charge in [0.15, 0.2) is 0 Å². The predicted molar refractivity (Wildman–Crippen MR) is 121 cm³/mol. The van der Waals surface area contributed by atoms with E-state index in [1.54, 1.807) is 18.3 Å². The molecule has 0 radical (unpaired) electrons. The zero-order valence-corrected chi connectivity index (χ0v) is 17.4. The predicted octanol–water partition coefficient (Wildman–Crippen LogP) is 4.26. The normalized spacial score (nSPS) is 16.6. The highest BCUT2D eigenvalue weighted by Gasteiger charge is 2.21. The summed E-state index contributed by atoms with van der Waals surface area (Å²) >= 11 is 0. The van der Waals surface area contributed by atoms with Crippen molar-refractivity contribution in [1.29, 1.82) is 0 Å². The Labute approximate surface area is 180 Å². The highest BCUT2D eigenvalue weighted by molar-refractivity contribution is 6.05. The molecule has 0 aliphatic carbocycles. The molecule has 0 saturated carbocycles. The Bertz CT molecular complexity index is 1200. The monoisotopic (exact) mass is 412 g/mol. The summed E-state index contributed by atoms with van der Waals surface area (Å²) in [5.41, 5.74) is 4.93. The van der Waals surface area contributed by atoms with Crippen molar-refractivity contribution >= 4 is 22.6 Å². The Morgan fingerprint density at radius 1 is 1.19 bits per heavy atom. The minimum Gasteiger partial charge on any atom is -0.341 e. The van der Waals surface area contributed by atoms with Crippen LogP contribution in [-0.2, 0) is 6.54 Å². The second-order valence-electron chi connectivity index (χ2n) is 8.00. The van der Waals surface area contributed by atoms with Crippen LogP contribution in [0.3, 0.4) is 0 Å². The first kappa shape index (κ1) is 19.4. The van der Waals surface area contributed by atoms with Crippen LogP contribution in [0.1, 0.15) is 35.9 Å². The van der Waals surface area contributed by atoms with Crippen LogP contribution in [0.5, 0.6) is 0 Å². The Balaban J connectivity index is 1.29. The summed E-state index contributed by atoms with van der Waals surface area (Å²) in [5.74, 6) is 0.812. The molecule has 7 heteroatoms. The first-order valence-corrected chi connectivity index (χ1v) is 10.6. The summed E-state index contributed by atoms with van der Waals surface area (Å²) in [6.07, 6.45) is 5.71. The lowest BCUT2D eigenvalue weighted by Gasteiger charge is -2.19. The van der Waals surface area contributed by atoms with Gasteiger partial charge < -0.3 is 10.3 Å². The third kappa shape index (κ3) is 4.18. The molecule has 4 aromatic rings. The molecule has 0 bridgehead atoms.